The minimum Gasteiger partial charge on any atom is -0.363 e. The van der Waals surface area contributed by atoms with E-state index in [0.29, 0.717) is 33.2 Å². The molecule has 76 valence electrons. The summed E-state index contributed by atoms with van der Waals surface area (Å²) in [7, 11) is 0. The van der Waals surface area contributed by atoms with Gasteiger partial charge < -0.3 is 4.52 Å². The van der Waals surface area contributed by atoms with E-state index >= 15 is 0 Å². The van der Waals surface area contributed by atoms with E-state index in [1.807, 2.05) is 0 Å². The van der Waals surface area contributed by atoms with Crippen molar-refractivity contribution < 1.29 is 9.32 Å². The molecule has 0 saturated heterocycles. The highest BCUT2D eigenvalue weighted by Gasteiger charge is 2.10. The molecule has 0 radical (unpaired) electrons. The molecule has 0 amide bonds. The predicted molar refractivity (Wildman–Crippen MR) is 57.3 cm³/mol. The molecule has 0 aliphatic carbocycles. The highest BCUT2D eigenvalue weighted by molar-refractivity contribution is 6.42. The van der Waals surface area contributed by atoms with Crippen LogP contribution < -0.4 is 0 Å². The lowest BCUT2D eigenvalue weighted by Crippen LogP contribution is -1.84. The number of halogens is 2. The van der Waals surface area contributed by atoms with Gasteiger partial charge in [0.05, 0.1) is 15.6 Å². The van der Waals surface area contributed by atoms with E-state index in [1.165, 1.54) is 6.26 Å². The monoisotopic (exact) mass is 241 g/mol. The van der Waals surface area contributed by atoms with Crippen molar-refractivity contribution in [1.82, 2.24) is 5.16 Å². The summed E-state index contributed by atoms with van der Waals surface area (Å²) in [4.78, 5) is 10.7. The van der Waals surface area contributed by atoms with E-state index in [2.05, 4.69) is 5.16 Å². The van der Waals surface area contributed by atoms with Crippen LogP contribution in [0.2, 0.25) is 10.0 Å². The third kappa shape index (κ3) is 1.89. The van der Waals surface area contributed by atoms with Crippen molar-refractivity contribution in [2.24, 2.45) is 0 Å². The van der Waals surface area contributed by atoms with Crippen LogP contribution in [0.3, 0.4) is 0 Å². The first kappa shape index (κ1) is 10.2. The molecule has 0 bridgehead atoms. The largest absolute Gasteiger partial charge is 0.363 e. The molecular weight excluding hydrogens is 237 g/mol. The SMILES string of the molecule is O=Cc1conc1-c1ccc(Cl)c(Cl)c1. The van der Waals surface area contributed by atoms with Crippen LogP contribution in [0.15, 0.2) is 29.0 Å². The highest BCUT2D eigenvalue weighted by atomic mass is 35.5. The number of benzene rings is 1. The van der Waals surface area contributed by atoms with Crippen molar-refractivity contribution in [2.75, 3.05) is 0 Å². The fourth-order valence-electron chi connectivity index (χ4n) is 1.19. The lowest BCUT2D eigenvalue weighted by Gasteiger charge is -1.99. The fourth-order valence-corrected chi connectivity index (χ4v) is 1.49. The van der Waals surface area contributed by atoms with Crippen LogP contribution in [0.25, 0.3) is 11.3 Å². The van der Waals surface area contributed by atoms with Gasteiger partial charge in [-0.3, -0.25) is 4.79 Å². The van der Waals surface area contributed by atoms with Crippen LogP contribution in [-0.2, 0) is 0 Å². The van der Waals surface area contributed by atoms with E-state index in [9.17, 15) is 4.79 Å². The van der Waals surface area contributed by atoms with Gasteiger partial charge in [0.15, 0.2) is 6.29 Å². The number of hydrogen-bond acceptors (Lipinski definition) is 3. The highest BCUT2D eigenvalue weighted by Crippen LogP contribution is 2.28. The average Bonchev–Trinajstić information content (AvgIpc) is 2.70. The Morgan fingerprint density at radius 2 is 2.07 bits per heavy atom. The van der Waals surface area contributed by atoms with E-state index < -0.39 is 0 Å². The molecule has 1 heterocycles. The molecule has 1 aromatic heterocycles. The quantitative estimate of drug-likeness (QED) is 0.757. The zero-order valence-corrected chi connectivity index (χ0v) is 8.92. The van der Waals surface area contributed by atoms with Crippen LogP contribution in [0, 0.1) is 0 Å². The number of aromatic nitrogens is 1. The van der Waals surface area contributed by atoms with E-state index in [1.54, 1.807) is 18.2 Å². The van der Waals surface area contributed by atoms with E-state index in [0.717, 1.165) is 0 Å². The third-order valence-electron chi connectivity index (χ3n) is 1.92. The summed E-state index contributed by atoms with van der Waals surface area (Å²) in [5.41, 5.74) is 1.54. The number of carbonyl (C=O) groups is 1. The van der Waals surface area contributed by atoms with Crippen molar-refractivity contribution >= 4 is 29.5 Å². The lowest BCUT2D eigenvalue weighted by atomic mass is 10.1. The second kappa shape index (κ2) is 4.04. The summed E-state index contributed by atoms with van der Waals surface area (Å²) in [5, 5.41) is 4.59. The Balaban J connectivity index is 2.54. The lowest BCUT2D eigenvalue weighted by molar-refractivity contribution is 0.112. The van der Waals surface area contributed by atoms with E-state index in [-0.39, 0.29) is 0 Å². The molecule has 3 nitrogen and oxygen atoms in total. The molecule has 1 aromatic carbocycles. The molecule has 15 heavy (non-hydrogen) atoms. The number of aldehydes is 1. The van der Waals surface area contributed by atoms with Crippen LogP contribution in [0.5, 0.6) is 0 Å². The maximum atomic E-state index is 10.7. The maximum absolute atomic E-state index is 10.7. The molecule has 0 aliphatic heterocycles. The molecular formula is C10H5Cl2NO2. The fraction of sp³-hybridized carbons (Fsp3) is 0. The maximum Gasteiger partial charge on any atom is 0.155 e. The van der Waals surface area contributed by atoms with Crippen LogP contribution in [-0.4, -0.2) is 11.4 Å². The summed E-state index contributed by atoms with van der Waals surface area (Å²) in [5.74, 6) is 0. The second-order valence-electron chi connectivity index (χ2n) is 2.87. The van der Waals surface area contributed by atoms with Crippen LogP contribution in [0.4, 0.5) is 0 Å². The molecule has 5 heteroatoms. The van der Waals surface area contributed by atoms with Crippen molar-refractivity contribution in [3.63, 3.8) is 0 Å². The summed E-state index contributed by atoms with van der Waals surface area (Å²) >= 11 is 11.6. The van der Waals surface area contributed by atoms with Crippen LogP contribution >= 0.6 is 23.2 Å². The molecule has 0 atom stereocenters. The summed E-state index contributed by atoms with van der Waals surface area (Å²) in [6, 6.07) is 5.00. The first-order valence-electron chi connectivity index (χ1n) is 4.07. The third-order valence-corrected chi connectivity index (χ3v) is 2.66. The Labute approximate surface area is 95.6 Å². The second-order valence-corrected chi connectivity index (χ2v) is 3.68. The summed E-state index contributed by atoms with van der Waals surface area (Å²) in [6.07, 6.45) is 1.96. The van der Waals surface area contributed by atoms with Gasteiger partial charge in [0.2, 0.25) is 0 Å². The van der Waals surface area contributed by atoms with Crippen molar-refractivity contribution in [3.05, 3.63) is 40.1 Å². The van der Waals surface area contributed by atoms with Crippen molar-refractivity contribution in [2.45, 2.75) is 0 Å². The number of hydrogen-bond donors (Lipinski definition) is 0. The Morgan fingerprint density at radius 3 is 2.73 bits per heavy atom. The number of carbonyl (C=O) groups excluding carboxylic acids is 1. The zero-order chi connectivity index (χ0) is 10.8. The molecule has 2 aromatic rings. The first-order valence-corrected chi connectivity index (χ1v) is 4.83. The Morgan fingerprint density at radius 1 is 1.27 bits per heavy atom. The molecule has 0 aliphatic rings. The van der Waals surface area contributed by atoms with Crippen molar-refractivity contribution in [3.8, 4) is 11.3 Å². The number of nitrogens with zero attached hydrogens (tertiary/aromatic N) is 1. The van der Waals surface area contributed by atoms with Gasteiger partial charge in [0, 0.05) is 5.56 Å². The zero-order valence-electron chi connectivity index (χ0n) is 7.41. The van der Waals surface area contributed by atoms with Gasteiger partial charge >= 0.3 is 0 Å². The first-order chi connectivity index (χ1) is 7.22. The molecule has 2 rings (SSSR count). The molecule has 0 spiro atoms. The molecule has 0 fully saturated rings. The molecule has 0 saturated carbocycles. The molecule has 0 unspecified atom stereocenters. The Bertz CT molecular complexity index is 508. The van der Waals surface area contributed by atoms with Crippen molar-refractivity contribution in [1.29, 1.82) is 0 Å². The van der Waals surface area contributed by atoms with Gasteiger partial charge in [0.25, 0.3) is 0 Å². The van der Waals surface area contributed by atoms with Gasteiger partial charge in [-0.15, -0.1) is 0 Å². The molecule has 0 N–H and O–H groups in total. The van der Waals surface area contributed by atoms with Gasteiger partial charge in [-0.1, -0.05) is 34.4 Å². The summed E-state index contributed by atoms with van der Waals surface area (Å²) < 4.78 is 4.70. The Hall–Kier alpha value is -1.32. The average molecular weight is 242 g/mol. The minimum absolute atomic E-state index is 0.383. The smallest absolute Gasteiger partial charge is 0.155 e. The predicted octanol–water partition coefficient (Wildman–Crippen LogP) is 3.46. The van der Waals surface area contributed by atoms with E-state index in [4.69, 9.17) is 27.7 Å². The normalized spacial score (nSPS) is 10.3. The van der Waals surface area contributed by atoms with Gasteiger partial charge in [-0.25, -0.2) is 0 Å². The Kier molecular flexibility index (Phi) is 2.75. The standard InChI is InChI=1S/C10H5Cl2NO2/c11-8-2-1-6(3-9(8)12)10-7(4-14)5-15-13-10/h1-5H. The van der Waals surface area contributed by atoms with Gasteiger partial charge in [-0.2, -0.15) is 0 Å². The van der Waals surface area contributed by atoms with Gasteiger partial charge in [-0.05, 0) is 12.1 Å². The minimum atomic E-state index is 0.383. The topological polar surface area (TPSA) is 43.1 Å². The summed E-state index contributed by atoms with van der Waals surface area (Å²) in [6.45, 7) is 0. The van der Waals surface area contributed by atoms with Gasteiger partial charge in [0.1, 0.15) is 12.0 Å². The van der Waals surface area contributed by atoms with Crippen LogP contribution in [0.1, 0.15) is 10.4 Å². The number of rotatable bonds is 2.